The molecule has 3 heteroatoms. The molecule has 1 nitrogen and oxygen atoms in total. The van der Waals surface area contributed by atoms with Crippen LogP contribution in [-0.2, 0) is 0 Å². The summed E-state index contributed by atoms with van der Waals surface area (Å²) in [5.41, 5.74) is -0.0931. The predicted molar refractivity (Wildman–Crippen MR) is 53.0 cm³/mol. The van der Waals surface area contributed by atoms with Crippen molar-refractivity contribution < 1.29 is 0 Å². The van der Waals surface area contributed by atoms with Crippen molar-refractivity contribution in [2.75, 3.05) is 0 Å². The molecular formula is C8H15Cl2N. The van der Waals surface area contributed by atoms with Crippen molar-refractivity contribution in [1.29, 1.82) is 0 Å². The van der Waals surface area contributed by atoms with Gasteiger partial charge in [0.1, 0.15) is 0 Å². The maximum absolute atomic E-state index is 5.84. The summed E-state index contributed by atoms with van der Waals surface area (Å²) in [7, 11) is 0. The minimum atomic E-state index is -0.798. The Labute approximate surface area is 78.8 Å². The normalized spacial score (nSPS) is 14.4. The summed E-state index contributed by atoms with van der Waals surface area (Å²) in [5, 5.41) is 0. The summed E-state index contributed by atoms with van der Waals surface area (Å²) in [4.78, 5) is 4.21. The molecule has 0 bridgehead atoms. The fourth-order valence-corrected chi connectivity index (χ4v) is 0.477. The molecule has 0 aromatic carbocycles. The van der Waals surface area contributed by atoms with Gasteiger partial charge in [0.2, 0.25) is 0 Å². The molecule has 0 unspecified atom stereocenters. The molecule has 0 radical (unpaired) electrons. The molecule has 0 aromatic heterocycles. The lowest BCUT2D eigenvalue weighted by Crippen LogP contribution is -2.18. The molecule has 0 saturated heterocycles. The fraction of sp³-hybridized carbons (Fsp3) is 0.875. The van der Waals surface area contributed by atoms with Crippen LogP contribution in [0.15, 0.2) is 4.99 Å². The van der Waals surface area contributed by atoms with Crippen LogP contribution < -0.4 is 0 Å². The van der Waals surface area contributed by atoms with Crippen molar-refractivity contribution in [2.24, 2.45) is 4.99 Å². The van der Waals surface area contributed by atoms with Crippen LogP contribution in [0.1, 0.15) is 34.1 Å². The number of alkyl halides is 2. The number of aliphatic imine (C=N–C) groups is 1. The van der Waals surface area contributed by atoms with Crippen molar-refractivity contribution in [3.8, 4) is 0 Å². The zero-order valence-electron chi connectivity index (χ0n) is 7.49. The van der Waals surface area contributed by atoms with Crippen LogP contribution in [0.5, 0.6) is 0 Å². The zero-order valence-corrected chi connectivity index (χ0v) is 9.00. The summed E-state index contributed by atoms with van der Waals surface area (Å²) in [6.45, 7) is 7.93. The highest BCUT2D eigenvalue weighted by Crippen LogP contribution is 2.23. The maximum atomic E-state index is 5.84. The third-order valence-electron chi connectivity index (χ3n) is 1.11. The predicted octanol–water partition coefficient (Wildman–Crippen LogP) is 3.44. The number of halogens is 2. The Kier molecular flexibility index (Phi) is 3.86. The lowest BCUT2D eigenvalue weighted by Gasteiger charge is -2.15. The highest BCUT2D eigenvalue weighted by molar-refractivity contribution is 6.56. The average Bonchev–Trinajstić information content (AvgIpc) is 1.83. The lowest BCUT2D eigenvalue weighted by atomic mass is 10.1. The highest BCUT2D eigenvalue weighted by Gasteiger charge is 2.19. The average molecular weight is 196 g/mol. The van der Waals surface area contributed by atoms with E-state index < -0.39 is 4.33 Å². The number of hydrogen-bond donors (Lipinski definition) is 0. The quantitative estimate of drug-likeness (QED) is 0.473. The molecular weight excluding hydrogens is 181 g/mol. The van der Waals surface area contributed by atoms with E-state index in [1.807, 2.05) is 27.7 Å². The van der Waals surface area contributed by atoms with Crippen LogP contribution in [-0.4, -0.2) is 16.1 Å². The third-order valence-corrected chi connectivity index (χ3v) is 1.84. The first-order valence-electron chi connectivity index (χ1n) is 3.71. The molecule has 0 N–H and O–H groups in total. The molecule has 0 saturated carbocycles. The van der Waals surface area contributed by atoms with Gasteiger partial charge in [0.05, 0.1) is 5.54 Å². The van der Waals surface area contributed by atoms with Crippen LogP contribution in [0.3, 0.4) is 0 Å². The van der Waals surface area contributed by atoms with Crippen molar-refractivity contribution >= 4 is 29.4 Å². The molecule has 0 heterocycles. The smallest absolute Gasteiger partial charge is 0.152 e. The van der Waals surface area contributed by atoms with Gasteiger partial charge in [-0.15, -0.1) is 0 Å². The molecule has 0 fully saturated rings. The first-order valence-corrected chi connectivity index (χ1v) is 4.47. The first kappa shape index (κ1) is 11.2. The Morgan fingerprint density at radius 1 is 1.27 bits per heavy atom. The second kappa shape index (κ2) is 3.77. The van der Waals surface area contributed by atoms with Crippen molar-refractivity contribution in [3.63, 3.8) is 0 Å². The minimum absolute atomic E-state index is 0.0931. The van der Waals surface area contributed by atoms with Crippen LogP contribution in [0, 0.1) is 0 Å². The second-order valence-electron chi connectivity index (χ2n) is 3.54. The monoisotopic (exact) mass is 195 g/mol. The van der Waals surface area contributed by atoms with E-state index in [0.717, 1.165) is 0 Å². The summed E-state index contributed by atoms with van der Waals surface area (Å²) in [6.07, 6.45) is 2.28. The van der Waals surface area contributed by atoms with E-state index in [1.54, 1.807) is 6.21 Å². The first-order chi connectivity index (χ1) is 4.77. The zero-order chi connectivity index (χ0) is 9.12. The van der Waals surface area contributed by atoms with E-state index >= 15 is 0 Å². The van der Waals surface area contributed by atoms with Gasteiger partial charge in [-0.25, -0.2) is 0 Å². The van der Waals surface area contributed by atoms with Crippen LogP contribution in [0.4, 0.5) is 0 Å². The number of hydrogen-bond acceptors (Lipinski definition) is 1. The maximum Gasteiger partial charge on any atom is 0.152 e. The van der Waals surface area contributed by atoms with Gasteiger partial charge in [0, 0.05) is 6.21 Å². The van der Waals surface area contributed by atoms with Gasteiger partial charge in [0.15, 0.2) is 4.33 Å². The summed E-state index contributed by atoms with van der Waals surface area (Å²) >= 11 is 11.7. The van der Waals surface area contributed by atoms with Crippen LogP contribution >= 0.6 is 23.2 Å². The Morgan fingerprint density at radius 2 is 1.73 bits per heavy atom. The summed E-state index contributed by atoms with van der Waals surface area (Å²) < 4.78 is -0.798. The molecule has 11 heavy (non-hydrogen) atoms. The number of rotatable bonds is 2. The topological polar surface area (TPSA) is 12.4 Å². The van der Waals surface area contributed by atoms with Gasteiger partial charge < -0.3 is 0 Å². The number of nitrogens with zero attached hydrogens (tertiary/aromatic N) is 1. The Hall–Kier alpha value is 0.250. The van der Waals surface area contributed by atoms with Gasteiger partial charge in [-0.1, -0.05) is 30.1 Å². The van der Waals surface area contributed by atoms with Gasteiger partial charge in [-0.05, 0) is 27.2 Å². The fourth-order valence-electron chi connectivity index (χ4n) is 0.379. The van der Waals surface area contributed by atoms with Crippen molar-refractivity contribution in [2.45, 2.75) is 44.0 Å². The van der Waals surface area contributed by atoms with E-state index in [0.29, 0.717) is 6.42 Å². The Morgan fingerprint density at radius 3 is 2.00 bits per heavy atom. The van der Waals surface area contributed by atoms with E-state index in [2.05, 4.69) is 4.99 Å². The molecule has 0 spiro atoms. The van der Waals surface area contributed by atoms with E-state index in [1.165, 1.54) is 0 Å². The summed E-state index contributed by atoms with van der Waals surface area (Å²) in [5.74, 6) is 0. The van der Waals surface area contributed by atoms with Crippen molar-refractivity contribution in [1.82, 2.24) is 0 Å². The standard InChI is InChI=1S/C8H15Cl2N/c1-5-8(9,10)6-11-7(2,3)4/h6H,5H2,1-4H3. The van der Waals surface area contributed by atoms with Crippen molar-refractivity contribution in [3.05, 3.63) is 0 Å². The molecule has 0 atom stereocenters. The Balaban J connectivity index is 4.13. The minimum Gasteiger partial charge on any atom is -0.289 e. The van der Waals surface area contributed by atoms with E-state index in [4.69, 9.17) is 23.2 Å². The lowest BCUT2D eigenvalue weighted by molar-refractivity contribution is 0.583. The van der Waals surface area contributed by atoms with Crippen LogP contribution in [0.25, 0.3) is 0 Å². The molecule has 0 aromatic rings. The van der Waals surface area contributed by atoms with Crippen LogP contribution in [0.2, 0.25) is 0 Å². The largest absolute Gasteiger partial charge is 0.289 e. The van der Waals surface area contributed by atoms with Gasteiger partial charge >= 0.3 is 0 Å². The van der Waals surface area contributed by atoms with Gasteiger partial charge in [0.25, 0.3) is 0 Å². The van der Waals surface area contributed by atoms with E-state index in [9.17, 15) is 0 Å². The summed E-state index contributed by atoms with van der Waals surface area (Å²) in [6, 6.07) is 0. The van der Waals surface area contributed by atoms with E-state index in [-0.39, 0.29) is 5.54 Å². The van der Waals surface area contributed by atoms with Gasteiger partial charge in [-0.2, -0.15) is 0 Å². The SMILES string of the molecule is CCC(Cl)(Cl)C=NC(C)(C)C. The third kappa shape index (κ3) is 6.64. The highest BCUT2D eigenvalue weighted by atomic mass is 35.5. The molecule has 0 aliphatic heterocycles. The molecule has 0 rings (SSSR count). The second-order valence-corrected chi connectivity index (χ2v) is 5.09. The molecule has 0 aliphatic carbocycles. The Bertz CT molecular complexity index is 145. The van der Waals surface area contributed by atoms with Gasteiger partial charge in [-0.3, -0.25) is 4.99 Å². The molecule has 66 valence electrons. The molecule has 0 amide bonds. The molecule has 0 aliphatic rings.